The van der Waals surface area contributed by atoms with E-state index in [9.17, 15) is 0 Å². The lowest BCUT2D eigenvalue weighted by molar-refractivity contribution is 0.200. The van der Waals surface area contributed by atoms with Gasteiger partial charge in [-0.2, -0.15) is 0 Å². The fraction of sp³-hybridized carbons (Fsp3) is 0.400. The van der Waals surface area contributed by atoms with Gasteiger partial charge in [0.1, 0.15) is 12.4 Å². The number of benzene rings is 1. The monoisotopic (exact) mass is 181 g/mol. The van der Waals surface area contributed by atoms with Crippen molar-refractivity contribution in [2.45, 2.75) is 13.0 Å². The number of hydrogen-bond donors (Lipinski definition) is 2. The molecular formula is C10H15NO2. The van der Waals surface area contributed by atoms with Crippen LogP contribution in [0, 0.1) is 0 Å². The van der Waals surface area contributed by atoms with E-state index in [0.717, 1.165) is 11.3 Å². The van der Waals surface area contributed by atoms with Gasteiger partial charge in [-0.25, -0.2) is 0 Å². The molecule has 0 fully saturated rings. The van der Waals surface area contributed by atoms with Crippen molar-refractivity contribution < 1.29 is 9.84 Å². The molecule has 0 amide bonds. The van der Waals surface area contributed by atoms with Crippen molar-refractivity contribution in [3.05, 3.63) is 29.8 Å². The molecule has 0 radical (unpaired) electrons. The molecule has 0 saturated carbocycles. The van der Waals surface area contributed by atoms with E-state index in [-0.39, 0.29) is 12.6 Å². The Hall–Kier alpha value is -1.06. The van der Waals surface area contributed by atoms with Crippen molar-refractivity contribution in [3.63, 3.8) is 0 Å². The summed E-state index contributed by atoms with van der Waals surface area (Å²) < 4.78 is 5.32. The molecule has 1 atom stereocenters. The van der Waals surface area contributed by atoms with Gasteiger partial charge in [-0.1, -0.05) is 18.2 Å². The van der Waals surface area contributed by atoms with Gasteiger partial charge in [-0.3, -0.25) is 0 Å². The minimum atomic E-state index is -0.0464. The molecule has 0 aliphatic rings. The largest absolute Gasteiger partial charge is 0.491 e. The van der Waals surface area contributed by atoms with Gasteiger partial charge in [0.2, 0.25) is 0 Å². The molecule has 1 unspecified atom stereocenters. The van der Waals surface area contributed by atoms with Gasteiger partial charge in [0.25, 0.3) is 0 Å². The van der Waals surface area contributed by atoms with E-state index in [1.54, 1.807) is 0 Å². The number of hydrogen-bond acceptors (Lipinski definition) is 3. The maximum absolute atomic E-state index is 8.60. The maximum atomic E-state index is 8.60. The van der Waals surface area contributed by atoms with Crippen molar-refractivity contribution in [1.29, 1.82) is 0 Å². The summed E-state index contributed by atoms with van der Waals surface area (Å²) in [7, 11) is 0. The van der Waals surface area contributed by atoms with Crippen LogP contribution in [0.3, 0.4) is 0 Å². The SMILES string of the molecule is CC(N)c1ccccc1OCCO. The molecule has 0 aliphatic carbocycles. The average Bonchev–Trinajstić information content (AvgIpc) is 2.15. The van der Waals surface area contributed by atoms with Crippen molar-refractivity contribution >= 4 is 0 Å². The minimum Gasteiger partial charge on any atom is -0.491 e. The lowest BCUT2D eigenvalue weighted by Crippen LogP contribution is -2.09. The Morgan fingerprint density at radius 2 is 2.15 bits per heavy atom. The molecule has 1 aromatic carbocycles. The second kappa shape index (κ2) is 4.84. The summed E-state index contributed by atoms with van der Waals surface area (Å²) in [6.07, 6.45) is 0. The normalized spacial score (nSPS) is 12.5. The first-order valence-electron chi connectivity index (χ1n) is 4.34. The number of rotatable bonds is 4. The molecule has 0 aromatic heterocycles. The summed E-state index contributed by atoms with van der Waals surface area (Å²) in [6, 6.07) is 7.55. The van der Waals surface area contributed by atoms with Crippen molar-refractivity contribution in [3.8, 4) is 5.75 Å². The molecule has 3 heteroatoms. The van der Waals surface area contributed by atoms with Crippen LogP contribution in [0.4, 0.5) is 0 Å². The molecule has 1 aromatic rings. The van der Waals surface area contributed by atoms with Crippen LogP contribution in [0.5, 0.6) is 5.75 Å². The number of nitrogens with two attached hydrogens (primary N) is 1. The molecule has 0 aliphatic heterocycles. The predicted octanol–water partition coefficient (Wildman–Crippen LogP) is 1.08. The molecule has 0 saturated heterocycles. The first-order chi connectivity index (χ1) is 6.25. The van der Waals surface area contributed by atoms with E-state index in [4.69, 9.17) is 15.6 Å². The highest BCUT2D eigenvalue weighted by atomic mass is 16.5. The highest BCUT2D eigenvalue weighted by molar-refractivity contribution is 5.35. The van der Waals surface area contributed by atoms with Gasteiger partial charge in [0, 0.05) is 11.6 Å². The quantitative estimate of drug-likeness (QED) is 0.730. The Labute approximate surface area is 78.1 Å². The van der Waals surface area contributed by atoms with E-state index in [1.165, 1.54) is 0 Å². The molecule has 3 N–H and O–H groups in total. The lowest BCUT2D eigenvalue weighted by atomic mass is 10.1. The van der Waals surface area contributed by atoms with Crippen LogP contribution in [0.1, 0.15) is 18.5 Å². The zero-order chi connectivity index (χ0) is 9.68. The zero-order valence-electron chi connectivity index (χ0n) is 7.73. The predicted molar refractivity (Wildman–Crippen MR) is 51.6 cm³/mol. The Morgan fingerprint density at radius 1 is 1.46 bits per heavy atom. The topological polar surface area (TPSA) is 55.5 Å². The summed E-state index contributed by atoms with van der Waals surface area (Å²) in [4.78, 5) is 0. The molecule has 0 bridgehead atoms. The van der Waals surface area contributed by atoms with Crippen LogP contribution in [0.15, 0.2) is 24.3 Å². The third-order valence-corrected chi connectivity index (χ3v) is 1.76. The first kappa shape index (κ1) is 10.0. The van der Waals surface area contributed by atoms with E-state index < -0.39 is 0 Å². The summed E-state index contributed by atoms with van der Waals surface area (Å²) in [5.41, 5.74) is 6.71. The highest BCUT2D eigenvalue weighted by Gasteiger charge is 2.05. The van der Waals surface area contributed by atoms with Crippen molar-refractivity contribution in [2.75, 3.05) is 13.2 Å². The summed E-state index contributed by atoms with van der Waals surface area (Å²) >= 11 is 0. The van der Waals surface area contributed by atoms with Crippen molar-refractivity contribution in [1.82, 2.24) is 0 Å². The lowest BCUT2D eigenvalue weighted by Gasteiger charge is -2.12. The minimum absolute atomic E-state index is 0.0211. The summed E-state index contributed by atoms with van der Waals surface area (Å²) in [5, 5.41) is 8.60. The van der Waals surface area contributed by atoms with Crippen LogP contribution in [-0.2, 0) is 0 Å². The zero-order valence-corrected chi connectivity index (χ0v) is 7.73. The van der Waals surface area contributed by atoms with Crippen LogP contribution < -0.4 is 10.5 Å². The van der Waals surface area contributed by atoms with Gasteiger partial charge >= 0.3 is 0 Å². The Balaban J connectivity index is 2.78. The van der Waals surface area contributed by atoms with Crippen LogP contribution >= 0.6 is 0 Å². The second-order valence-electron chi connectivity index (χ2n) is 2.90. The molecule has 3 nitrogen and oxygen atoms in total. The van der Waals surface area contributed by atoms with Gasteiger partial charge in [0.15, 0.2) is 0 Å². The van der Waals surface area contributed by atoms with Crippen LogP contribution in [0.2, 0.25) is 0 Å². The van der Waals surface area contributed by atoms with Gasteiger partial charge in [0.05, 0.1) is 6.61 Å². The third-order valence-electron chi connectivity index (χ3n) is 1.76. The Morgan fingerprint density at radius 3 is 2.77 bits per heavy atom. The number of ether oxygens (including phenoxy) is 1. The Bertz CT molecular complexity index is 261. The highest BCUT2D eigenvalue weighted by Crippen LogP contribution is 2.22. The molecule has 0 heterocycles. The number of para-hydroxylation sites is 1. The molecule has 13 heavy (non-hydrogen) atoms. The van der Waals surface area contributed by atoms with Crippen LogP contribution in [0.25, 0.3) is 0 Å². The van der Waals surface area contributed by atoms with Gasteiger partial charge in [-0.05, 0) is 13.0 Å². The van der Waals surface area contributed by atoms with E-state index in [2.05, 4.69) is 0 Å². The summed E-state index contributed by atoms with van der Waals surface area (Å²) in [5.74, 6) is 0.756. The average molecular weight is 181 g/mol. The molecule has 72 valence electrons. The molecule has 0 spiro atoms. The second-order valence-corrected chi connectivity index (χ2v) is 2.90. The first-order valence-corrected chi connectivity index (χ1v) is 4.34. The van der Waals surface area contributed by atoms with Gasteiger partial charge in [-0.15, -0.1) is 0 Å². The van der Waals surface area contributed by atoms with E-state index in [1.807, 2.05) is 31.2 Å². The smallest absolute Gasteiger partial charge is 0.124 e. The van der Waals surface area contributed by atoms with E-state index >= 15 is 0 Å². The Kier molecular flexibility index (Phi) is 3.73. The molecule has 1 rings (SSSR count). The van der Waals surface area contributed by atoms with Crippen LogP contribution in [-0.4, -0.2) is 18.3 Å². The molecular weight excluding hydrogens is 166 g/mol. The summed E-state index contributed by atoms with van der Waals surface area (Å²) in [6.45, 7) is 2.23. The number of aliphatic hydroxyl groups is 1. The standard InChI is InChI=1S/C10H15NO2/c1-8(11)9-4-2-3-5-10(9)13-7-6-12/h2-5,8,12H,6-7,11H2,1H3. The fourth-order valence-corrected chi connectivity index (χ4v) is 1.14. The van der Waals surface area contributed by atoms with E-state index in [0.29, 0.717) is 6.61 Å². The fourth-order valence-electron chi connectivity index (χ4n) is 1.14. The third kappa shape index (κ3) is 2.72. The van der Waals surface area contributed by atoms with Gasteiger partial charge < -0.3 is 15.6 Å². The van der Waals surface area contributed by atoms with Crippen molar-refractivity contribution in [2.24, 2.45) is 5.73 Å². The maximum Gasteiger partial charge on any atom is 0.124 e. The number of aliphatic hydroxyl groups excluding tert-OH is 1.